The van der Waals surface area contributed by atoms with Crippen LogP contribution in [0.5, 0.6) is 0 Å². The summed E-state index contributed by atoms with van der Waals surface area (Å²) >= 11 is 5.69. The molecule has 0 saturated heterocycles. The first kappa shape index (κ1) is 13.5. The van der Waals surface area contributed by atoms with Gasteiger partial charge in [0, 0.05) is 12.4 Å². The van der Waals surface area contributed by atoms with Gasteiger partial charge in [-0.2, -0.15) is 0 Å². The number of pyridine rings is 2. The molecule has 0 unspecified atom stereocenters. The van der Waals surface area contributed by atoms with E-state index in [1.54, 1.807) is 0 Å². The molecule has 0 atom stereocenters. The summed E-state index contributed by atoms with van der Waals surface area (Å²) in [6.45, 7) is 0. The lowest BCUT2D eigenvalue weighted by Gasteiger charge is -2.08. The number of hydrogen-bond donors (Lipinski definition) is 2. The van der Waals surface area contributed by atoms with E-state index in [0.717, 1.165) is 18.5 Å². The van der Waals surface area contributed by atoms with Crippen molar-refractivity contribution in [2.24, 2.45) is 0 Å². The first-order chi connectivity index (χ1) is 8.90. The van der Waals surface area contributed by atoms with Crippen molar-refractivity contribution in [3.05, 3.63) is 41.6 Å². The summed E-state index contributed by atoms with van der Waals surface area (Å²) in [7, 11) is -4.00. The number of nitrogens with zero attached hydrogens (tertiary/aromatic N) is 2. The van der Waals surface area contributed by atoms with Crippen LogP contribution >= 0.6 is 11.6 Å². The number of anilines is 2. The van der Waals surface area contributed by atoms with E-state index >= 15 is 0 Å². The molecule has 9 heteroatoms. The maximum Gasteiger partial charge on any atom is 0.263 e. The summed E-state index contributed by atoms with van der Waals surface area (Å²) in [6.07, 6.45) is 3.18. The van der Waals surface area contributed by atoms with E-state index in [2.05, 4.69) is 14.7 Å². The second kappa shape index (κ2) is 4.98. The summed E-state index contributed by atoms with van der Waals surface area (Å²) in [6, 6.07) is 2.32. The molecule has 0 bridgehead atoms. The molecule has 0 radical (unpaired) electrons. The Kier molecular flexibility index (Phi) is 3.54. The zero-order valence-electron chi connectivity index (χ0n) is 9.34. The van der Waals surface area contributed by atoms with Gasteiger partial charge in [0.05, 0.1) is 16.9 Å². The molecule has 0 aliphatic heterocycles. The number of nitrogens with two attached hydrogens (primary N) is 1. The quantitative estimate of drug-likeness (QED) is 0.898. The first-order valence-electron chi connectivity index (χ1n) is 4.93. The van der Waals surface area contributed by atoms with Gasteiger partial charge in [-0.25, -0.2) is 17.8 Å². The number of sulfonamides is 1. The Hall–Kier alpha value is -1.93. The highest BCUT2D eigenvalue weighted by Crippen LogP contribution is 2.22. The van der Waals surface area contributed by atoms with Crippen LogP contribution in [0.1, 0.15) is 0 Å². The van der Waals surface area contributed by atoms with Crippen molar-refractivity contribution >= 4 is 33.1 Å². The van der Waals surface area contributed by atoms with Crippen molar-refractivity contribution in [2.45, 2.75) is 4.90 Å². The minimum absolute atomic E-state index is 0.00178. The van der Waals surface area contributed by atoms with Crippen LogP contribution in [-0.4, -0.2) is 18.4 Å². The van der Waals surface area contributed by atoms with Gasteiger partial charge in [-0.15, -0.1) is 0 Å². The van der Waals surface area contributed by atoms with Gasteiger partial charge in [-0.05, 0) is 12.1 Å². The number of nitrogens with one attached hydrogen (secondary N) is 1. The Morgan fingerprint density at radius 3 is 2.74 bits per heavy atom. The minimum Gasteiger partial charge on any atom is -0.382 e. The molecule has 0 amide bonds. The molecular formula is C10H8ClFN4O2S. The third-order valence-corrected chi connectivity index (χ3v) is 3.81. The van der Waals surface area contributed by atoms with Crippen molar-refractivity contribution in [2.75, 3.05) is 10.5 Å². The van der Waals surface area contributed by atoms with Crippen LogP contribution in [0.25, 0.3) is 0 Å². The van der Waals surface area contributed by atoms with Crippen LogP contribution in [-0.2, 0) is 10.0 Å². The van der Waals surface area contributed by atoms with E-state index in [4.69, 9.17) is 17.3 Å². The zero-order valence-corrected chi connectivity index (χ0v) is 10.9. The normalized spacial score (nSPS) is 11.3. The summed E-state index contributed by atoms with van der Waals surface area (Å²) in [5.41, 5.74) is 5.16. The number of aromatic nitrogens is 2. The molecule has 2 aromatic heterocycles. The van der Waals surface area contributed by atoms with E-state index in [0.29, 0.717) is 0 Å². The Bertz CT molecular complexity index is 723. The van der Waals surface area contributed by atoms with Crippen LogP contribution < -0.4 is 10.5 Å². The molecule has 0 aliphatic carbocycles. The van der Waals surface area contributed by atoms with E-state index < -0.39 is 15.8 Å². The largest absolute Gasteiger partial charge is 0.382 e. The molecule has 0 spiro atoms. The van der Waals surface area contributed by atoms with Crippen LogP contribution in [0, 0.1) is 5.82 Å². The molecule has 0 fully saturated rings. The van der Waals surface area contributed by atoms with Gasteiger partial charge in [-0.3, -0.25) is 9.71 Å². The Morgan fingerprint density at radius 2 is 2.11 bits per heavy atom. The van der Waals surface area contributed by atoms with Crippen LogP contribution in [0.4, 0.5) is 15.9 Å². The molecule has 0 aromatic carbocycles. The van der Waals surface area contributed by atoms with Crippen molar-refractivity contribution in [3.63, 3.8) is 0 Å². The molecule has 6 nitrogen and oxygen atoms in total. The van der Waals surface area contributed by atoms with E-state index in [1.807, 2.05) is 0 Å². The van der Waals surface area contributed by atoms with Crippen LogP contribution in [0.3, 0.4) is 0 Å². The third-order valence-electron chi connectivity index (χ3n) is 2.17. The second-order valence-electron chi connectivity index (χ2n) is 3.50. The van der Waals surface area contributed by atoms with Crippen LogP contribution in [0.15, 0.2) is 35.6 Å². The van der Waals surface area contributed by atoms with E-state index in [9.17, 15) is 12.8 Å². The Morgan fingerprint density at radius 1 is 1.37 bits per heavy atom. The molecule has 0 aliphatic rings. The third kappa shape index (κ3) is 2.91. The Labute approximate surface area is 113 Å². The monoisotopic (exact) mass is 302 g/mol. The van der Waals surface area contributed by atoms with E-state index in [1.165, 1.54) is 12.3 Å². The number of halogens is 2. The maximum absolute atomic E-state index is 13.3. The number of rotatable bonds is 3. The van der Waals surface area contributed by atoms with Crippen molar-refractivity contribution < 1.29 is 12.8 Å². The lowest BCUT2D eigenvalue weighted by atomic mass is 10.4. The minimum atomic E-state index is -4.00. The molecule has 19 heavy (non-hydrogen) atoms. The SMILES string of the molecule is Nc1ncc(S(=O)(=O)Nc2ccncc2F)cc1Cl. The van der Waals surface area contributed by atoms with Gasteiger partial charge in [0.15, 0.2) is 5.82 Å². The zero-order chi connectivity index (χ0) is 14.0. The molecular weight excluding hydrogens is 295 g/mol. The van der Waals surface area contributed by atoms with Gasteiger partial charge in [0.25, 0.3) is 10.0 Å². The van der Waals surface area contributed by atoms with Gasteiger partial charge in [0.2, 0.25) is 0 Å². The fourth-order valence-corrected chi connectivity index (χ4v) is 2.51. The number of hydrogen-bond acceptors (Lipinski definition) is 5. The predicted molar refractivity (Wildman–Crippen MR) is 68.7 cm³/mol. The summed E-state index contributed by atoms with van der Waals surface area (Å²) < 4.78 is 39.4. The summed E-state index contributed by atoms with van der Waals surface area (Å²) in [5, 5.41) is -0.00178. The maximum atomic E-state index is 13.3. The highest BCUT2D eigenvalue weighted by Gasteiger charge is 2.18. The van der Waals surface area contributed by atoms with Crippen molar-refractivity contribution in [1.29, 1.82) is 0 Å². The molecule has 2 rings (SSSR count). The smallest absolute Gasteiger partial charge is 0.263 e. The topological polar surface area (TPSA) is 98.0 Å². The standard InChI is InChI=1S/C10H8ClFN4O2S/c11-7-3-6(4-15-10(7)13)19(17,18)16-9-1-2-14-5-8(9)12/h1-5H,(H2,13,15)(H,14,16). The molecule has 0 saturated carbocycles. The van der Waals surface area contributed by atoms with Gasteiger partial charge in [-0.1, -0.05) is 11.6 Å². The highest BCUT2D eigenvalue weighted by molar-refractivity contribution is 7.92. The van der Waals surface area contributed by atoms with Crippen molar-refractivity contribution in [1.82, 2.24) is 9.97 Å². The lowest BCUT2D eigenvalue weighted by Crippen LogP contribution is -2.14. The molecule has 2 aromatic rings. The molecule has 3 N–H and O–H groups in total. The lowest BCUT2D eigenvalue weighted by molar-refractivity contribution is 0.597. The Balaban J connectivity index is 2.38. The van der Waals surface area contributed by atoms with Gasteiger partial charge in [0.1, 0.15) is 10.7 Å². The number of nitrogen functional groups attached to an aromatic ring is 1. The molecule has 2 heterocycles. The van der Waals surface area contributed by atoms with E-state index in [-0.39, 0.29) is 21.4 Å². The average molecular weight is 303 g/mol. The summed E-state index contributed by atoms with van der Waals surface area (Å²) in [5.74, 6) is -0.781. The average Bonchev–Trinajstić information content (AvgIpc) is 2.35. The molecule has 100 valence electrons. The predicted octanol–water partition coefficient (Wildman–Crippen LogP) is 1.65. The fraction of sp³-hybridized carbons (Fsp3) is 0. The van der Waals surface area contributed by atoms with Crippen LogP contribution in [0.2, 0.25) is 5.02 Å². The second-order valence-corrected chi connectivity index (χ2v) is 5.59. The van der Waals surface area contributed by atoms with Crippen molar-refractivity contribution in [3.8, 4) is 0 Å². The highest BCUT2D eigenvalue weighted by atomic mass is 35.5. The summed E-state index contributed by atoms with van der Waals surface area (Å²) in [4.78, 5) is 6.92. The van der Waals surface area contributed by atoms with Gasteiger partial charge < -0.3 is 5.73 Å². The van der Waals surface area contributed by atoms with Gasteiger partial charge >= 0.3 is 0 Å². The first-order valence-corrected chi connectivity index (χ1v) is 6.79. The fourth-order valence-electron chi connectivity index (χ4n) is 1.24.